The van der Waals surface area contributed by atoms with Crippen molar-refractivity contribution >= 4 is 6.03 Å². The first-order valence-corrected chi connectivity index (χ1v) is 7.51. The average Bonchev–Trinajstić information content (AvgIpc) is 2.26. The number of aliphatic hydroxyl groups excluding tert-OH is 1. The Morgan fingerprint density at radius 1 is 1.00 bits per heavy atom. The van der Waals surface area contributed by atoms with Gasteiger partial charge >= 0.3 is 6.03 Å². The first kappa shape index (κ1) is 14.6. The summed E-state index contributed by atoms with van der Waals surface area (Å²) in [5, 5.41) is 10.0. The highest BCUT2D eigenvalue weighted by atomic mass is 16.3. The molecular formula is C15H28N2O2. The Morgan fingerprint density at radius 2 is 1.47 bits per heavy atom. The molecule has 19 heavy (non-hydrogen) atoms. The van der Waals surface area contributed by atoms with Crippen LogP contribution in [0.3, 0.4) is 0 Å². The number of amides is 2. The number of aliphatic hydroxyl groups is 1. The lowest BCUT2D eigenvalue weighted by Crippen LogP contribution is -2.66. The van der Waals surface area contributed by atoms with Crippen LogP contribution in [0.4, 0.5) is 4.79 Å². The zero-order valence-corrected chi connectivity index (χ0v) is 12.8. The van der Waals surface area contributed by atoms with Crippen LogP contribution >= 0.6 is 0 Å². The van der Waals surface area contributed by atoms with Crippen molar-refractivity contribution in [1.29, 1.82) is 0 Å². The van der Waals surface area contributed by atoms with Gasteiger partial charge in [-0.2, -0.15) is 0 Å². The van der Waals surface area contributed by atoms with Crippen molar-refractivity contribution in [3.63, 3.8) is 0 Å². The summed E-state index contributed by atoms with van der Waals surface area (Å²) in [6, 6.07) is 0.154. The maximum Gasteiger partial charge on any atom is 0.320 e. The van der Waals surface area contributed by atoms with Crippen molar-refractivity contribution in [3.8, 4) is 0 Å². The Hall–Kier alpha value is -0.770. The van der Waals surface area contributed by atoms with Gasteiger partial charge < -0.3 is 14.9 Å². The molecular weight excluding hydrogens is 240 g/mol. The van der Waals surface area contributed by atoms with E-state index in [0.717, 1.165) is 25.9 Å². The van der Waals surface area contributed by atoms with Crippen LogP contribution in [0, 0.1) is 0 Å². The van der Waals surface area contributed by atoms with Gasteiger partial charge in [0.1, 0.15) is 0 Å². The van der Waals surface area contributed by atoms with E-state index in [1.165, 1.54) is 6.42 Å². The predicted molar refractivity (Wildman–Crippen MR) is 76.1 cm³/mol. The monoisotopic (exact) mass is 268 g/mol. The highest BCUT2D eigenvalue weighted by molar-refractivity contribution is 5.76. The summed E-state index contributed by atoms with van der Waals surface area (Å²) >= 11 is 0. The number of urea groups is 1. The van der Waals surface area contributed by atoms with E-state index in [2.05, 4.69) is 27.7 Å². The standard InChI is InChI=1S/C15H28N2O2/c1-14(2)10-12(18)11-15(3,4)17(14)13(19)16-8-6-5-7-9-16/h12,18H,5-11H2,1-4H3. The molecule has 0 aromatic heterocycles. The van der Waals surface area contributed by atoms with E-state index in [-0.39, 0.29) is 23.2 Å². The van der Waals surface area contributed by atoms with Gasteiger partial charge in [0.25, 0.3) is 0 Å². The second-order valence-electron chi connectivity index (χ2n) is 7.35. The molecule has 4 heteroatoms. The third-order valence-electron chi connectivity index (χ3n) is 4.50. The third kappa shape index (κ3) is 2.88. The summed E-state index contributed by atoms with van der Waals surface area (Å²) in [5.41, 5.74) is -0.564. The third-order valence-corrected chi connectivity index (χ3v) is 4.50. The summed E-state index contributed by atoms with van der Waals surface area (Å²) in [4.78, 5) is 16.9. The fourth-order valence-electron chi connectivity index (χ4n) is 3.97. The van der Waals surface area contributed by atoms with Crippen LogP contribution in [0.25, 0.3) is 0 Å². The van der Waals surface area contributed by atoms with Gasteiger partial charge in [0.2, 0.25) is 0 Å². The molecule has 1 N–H and O–H groups in total. The zero-order chi connectivity index (χ0) is 14.3. The molecule has 110 valence electrons. The number of likely N-dealkylation sites (tertiary alicyclic amines) is 2. The van der Waals surface area contributed by atoms with E-state index in [0.29, 0.717) is 12.8 Å². The van der Waals surface area contributed by atoms with Gasteiger partial charge in [0.05, 0.1) is 6.10 Å². The average molecular weight is 268 g/mol. The molecule has 0 saturated carbocycles. The summed E-state index contributed by atoms with van der Waals surface area (Å²) in [5.74, 6) is 0. The molecule has 2 saturated heterocycles. The van der Waals surface area contributed by atoms with Crippen LogP contribution in [0.2, 0.25) is 0 Å². The van der Waals surface area contributed by atoms with Crippen molar-refractivity contribution < 1.29 is 9.90 Å². The fourth-order valence-corrected chi connectivity index (χ4v) is 3.97. The van der Waals surface area contributed by atoms with E-state index in [1.807, 2.05) is 9.80 Å². The van der Waals surface area contributed by atoms with Crippen molar-refractivity contribution in [1.82, 2.24) is 9.80 Å². The van der Waals surface area contributed by atoms with Crippen LogP contribution in [-0.2, 0) is 0 Å². The number of hydrogen-bond acceptors (Lipinski definition) is 2. The summed E-state index contributed by atoms with van der Waals surface area (Å²) in [6.45, 7) is 10.0. The molecule has 0 unspecified atom stereocenters. The summed E-state index contributed by atoms with van der Waals surface area (Å²) in [7, 11) is 0. The van der Waals surface area contributed by atoms with Gasteiger partial charge in [-0.25, -0.2) is 4.79 Å². The van der Waals surface area contributed by atoms with Gasteiger partial charge in [0, 0.05) is 24.2 Å². The normalized spacial score (nSPS) is 27.4. The Morgan fingerprint density at radius 3 is 1.95 bits per heavy atom. The minimum Gasteiger partial charge on any atom is -0.393 e. The summed E-state index contributed by atoms with van der Waals surface area (Å²) in [6.07, 6.45) is 4.48. The highest BCUT2D eigenvalue weighted by Crippen LogP contribution is 2.39. The van der Waals surface area contributed by atoms with Gasteiger partial charge in [0.15, 0.2) is 0 Å². The minimum atomic E-state index is -0.310. The van der Waals surface area contributed by atoms with E-state index in [9.17, 15) is 9.90 Å². The summed E-state index contributed by atoms with van der Waals surface area (Å²) < 4.78 is 0. The molecule has 2 fully saturated rings. The van der Waals surface area contributed by atoms with E-state index in [4.69, 9.17) is 0 Å². The van der Waals surface area contributed by atoms with Crippen LogP contribution < -0.4 is 0 Å². The minimum absolute atomic E-state index is 0.154. The number of rotatable bonds is 0. The number of nitrogens with zero attached hydrogens (tertiary/aromatic N) is 2. The fraction of sp³-hybridized carbons (Fsp3) is 0.933. The molecule has 0 spiro atoms. The second-order valence-corrected chi connectivity index (χ2v) is 7.35. The molecule has 0 aromatic rings. The number of carbonyl (C=O) groups is 1. The first-order valence-electron chi connectivity index (χ1n) is 7.51. The van der Waals surface area contributed by atoms with Crippen molar-refractivity contribution in [2.24, 2.45) is 0 Å². The largest absolute Gasteiger partial charge is 0.393 e. The SMILES string of the molecule is CC1(C)CC(O)CC(C)(C)N1C(=O)N1CCCCC1. The Balaban J connectivity index is 2.21. The zero-order valence-electron chi connectivity index (χ0n) is 12.8. The van der Waals surface area contributed by atoms with Crippen molar-refractivity contribution in [2.75, 3.05) is 13.1 Å². The predicted octanol–water partition coefficient (Wildman–Crippen LogP) is 2.61. The maximum atomic E-state index is 12.9. The van der Waals surface area contributed by atoms with Crippen LogP contribution in [0.1, 0.15) is 59.8 Å². The van der Waals surface area contributed by atoms with E-state index >= 15 is 0 Å². The molecule has 2 heterocycles. The smallest absolute Gasteiger partial charge is 0.320 e. The van der Waals surface area contributed by atoms with E-state index < -0.39 is 0 Å². The molecule has 2 aliphatic rings. The Bertz CT molecular complexity index is 328. The van der Waals surface area contributed by atoms with Crippen LogP contribution in [0.5, 0.6) is 0 Å². The maximum absolute atomic E-state index is 12.9. The number of piperidine rings is 2. The lowest BCUT2D eigenvalue weighted by Gasteiger charge is -2.55. The molecule has 0 aromatic carbocycles. The van der Waals surface area contributed by atoms with Gasteiger partial charge in [-0.15, -0.1) is 0 Å². The second kappa shape index (κ2) is 4.97. The van der Waals surface area contributed by atoms with E-state index in [1.54, 1.807) is 0 Å². The number of hydrogen-bond donors (Lipinski definition) is 1. The molecule has 0 atom stereocenters. The molecule has 2 rings (SSSR count). The quantitative estimate of drug-likeness (QED) is 0.734. The molecule has 0 bridgehead atoms. The molecule has 4 nitrogen and oxygen atoms in total. The van der Waals surface area contributed by atoms with Gasteiger partial charge in [-0.3, -0.25) is 0 Å². The lowest BCUT2D eigenvalue weighted by molar-refractivity contribution is -0.0594. The Kier molecular flexibility index (Phi) is 3.83. The molecule has 0 aliphatic carbocycles. The van der Waals surface area contributed by atoms with Gasteiger partial charge in [-0.1, -0.05) is 0 Å². The first-order chi connectivity index (χ1) is 8.74. The highest BCUT2D eigenvalue weighted by Gasteiger charge is 2.48. The molecule has 2 aliphatic heterocycles. The van der Waals surface area contributed by atoms with Gasteiger partial charge in [-0.05, 0) is 59.8 Å². The van der Waals surface area contributed by atoms with Crippen molar-refractivity contribution in [3.05, 3.63) is 0 Å². The topological polar surface area (TPSA) is 43.8 Å². The van der Waals surface area contributed by atoms with Crippen LogP contribution in [0.15, 0.2) is 0 Å². The van der Waals surface area contributed by atoms with Crippen molar-refractivity contribution in [2.45, 2.75) is 77.0 Å². The number of carbonyl (C=O) groups excluding carboxylic acids is 1. The van der Waals surface area contributed by atoms with Crippen LogP contribution in [-0.4, -0.2) is 51.2 Å². The Labute approximate surface area is 116 Å². The lowest BCUT2D eigenvalue weighted by atomic mass is 9.78. The molecule has 2 amide bonds. The molecule has 0 radical (unpaired) electrons.